The van der Waals surface area contributed by atoms with Gasteiger partial charge in [0.1, 0.15) is 17.7 Å². The Morgan fingerprint density at radius 3 is 1.89 bits per heavy atom. The zero-order valence-electron chi connectivity index (χ0n) is 20.7. The van der Waals surface area contributed by atoms with Crippen LogP contribution in [-0.4, -0.2) is 42.0 Å². The molecule has 0 fully saturated rings. The van der Waals surface area contributed by atoms with E-state index in [4.69, 9.17) is 9.47 Å². The third-order valence-electron chi connectivity index (χ3n) is 5.62. The van der Waals surface area contributed by atoms with Gasteiger partial charge in [-0.3, -0.25) is 14.4 Å². The van der Waals surface area contributed by atoms with Crippen molar-refractivity contribution in [1.29, 1.82) is 0 Å². The molecule has 1 heterocycles. The molecular weight excluding hydrogens is 484 g/mol. The maximum Gasteiger partial charge on any atom is 0.308 e. The minimum atomic E-state index is -1.00. The van der Waals surface area contributed by atoms with Crippen LogP contribution in [0.2, 0.25) is 0 Å². The topological polar surface area (TPSA) is 107 Å². The summed E-state index contributed by atoms with van der Waals surface area (Å²) in [5.41, 5.74) is 1.20. The van der Waals surface area contributed by atoms with Gasteiger partial charge in [-0.05, 0) is 49.2 Å². The molecule has 3 rings (SSSR count). The predicted molar refractivity (Wildman–Crippen MR) is 131 cm³/mol. The zero-order chi connectivity index (χ0) is 27.1. The molecule has 1 aromatic heterocycles. The monoisotopic (exact) mass is 511 g/mol. The summed E-state index contributed by atoms with van der Waals surface area (Å²) >= 11 is 0. The molecule has 0 aliphatic carbocycles. The van der Waals surface area contributed by atoms with E-state index in [9.17, 15) is 23.2 Å². The lowest BCUT2D eigenvalue weighted by atomic mass is 9.85. The normalized spacial score (nSPS) is 12.4. The van der Waals surface area contributed by atoms with E-state index in [-0.39, 0.29) is 17.2 Å². The van der Waals surface area contributed by atoms with Gasteiger partial charge in [0, 0.05) is 31.1 Å². The first-order valence-corrected chi connectivity index (χ1v) is 11.4. The summed E-state index contributed by atoms with van der Waals surface area (Å²) in [6, 6.07) is 11.5. The van der Waals surface area contributed by atoms with E-state index in [1.54, 1.807) is 31.2 Å². The molecular formula is C27H27F2N3O5. The number of nitrogens with zero attached hydrogens (tertiary/aromatic N) is 1. The lowest BCUT2D eigenvalue weighted by Crippen LogP contribution is -2.49. The smallest absolute Gasteiger partial charge is 0.308 e. The predicted octanol–water partition coefficient (Wildman–Crippen LogP) is 3.75. The molecule has 0 aliphatic rings. The van der Waals surface area contributed by atoms with Crippen molar-refractivity contribution in [2.24, 2.45) is 0 Å². The Morgan fingerprint density at radius 2 is 1.41 bits per heavy atom. The number of carbonyl (C=O) groups excluding carboxylic acids is 3. The molecule has 8 nitrogen and oxygen atoms in total. The molecule has 2 N–H and O–H groups in total. The fourth-order valence-electron chi connectivity index (χ4n) is 3.87. The molecule has 0 spiro atoms. The standard InChI is InChI=1S/C27H27F2N3O5/c1-15(23(18-5-9-20(28)10-6-18)19-7-11-21(29)12-8-19)31-26(34)16(2)32-27(35)24-25(37-17(3)33)22(36-4)13-14-30-24/h5-16,23H,1-4H3,(H,31,34)(H,32,35)/t15-,16+/m1/s1. The van der Waals surface area contributed by atoms with Crippen molar-refractivity contribution >= 4 is 17.8 Å². The van der Waals surface area contributed by atoms with Crippen LogP contribution in [0.3, 0.4) is 0 Å². The van der Waals surface area contributed by atoms with Crippen LogP contribution in [0.4, 0.5) is 8.78 Å². The van der Waals surface area contributed by atoms with Crippen LogP contribution in [0.1, 0.15) is 48.3 Å². The fraction of sp³-hybridized carbons (Fsp3) is 0.259. The number of ether oxygens (including phenoxy) is 2. The molecule has 3 aromatic rings. The average molecular weight is 512 g/mol. The molecule has 0 bridgehead atoms. The molecule has 2 atom stereocenters. The number of esters is 1. The summed E-state index contributed by atoms with van der Waals surface area (Å²) in [5, 5.41) is 5.40. The summed E-state index contributed by atoms with van der Waals surface area (Å²) < 4.78 is 37.3. The Morgan fingerprint density at radius 1 is 0.865 bits per heavy atom. The maximum atomic E-state index is 13.5. The second-order valence-electron chi connectivity index (χ2n) is 8.36. The zero-order valence-corrected chi connectivity index (χ0v) is 20.7. The second kappa shape index (κ2) is 12.1. The molecule has 2 aromatic carbocycles. The molecule has 0 radical (unpaired) electrons. The van der Waals surface area contributed by atoms with Gasteiger partial charge in [-0.1, -0.05) is 24.3 Å². The van der Waals surface area contributed by atoms with Gasteiger partial charge in [0.05, 0.1) is 7.11 Å². The summed E-state index contributed by atoms with van der Waals surface area (Å²) in [6.45, 7) is 4.41. The molecule has 0 saturated heterocycles. The quantitative estimate of drug-likeness (QED) is 0.424. The molecule has 0 saturated carbocycles. The van der Waals surface area contributed by atoms with Crippen molar-refractivity contribution in [2.75, 3.05) is 7.11 Å². The van der Waals surface area contributed by atoms with Crippen LogP contribution in [0.15, 0.2) is 60.8 Å². The first-order valence-electron chi connectivity index (χ1n) is 11.4. The van der Waals surface area contributed by atoms with Crippen LogP contribution >= 0.6 is 0 Å². The molecule has 2 amide bonds. The number of nitrogens with one attached hydrogen (secondary N) is 2. The number of aromatic nitrogens is 1. The van der Waals surface area contributed by atoms with Gasteiger partial charge in [0.2, 0.25) is 11.7 Å². The average Bonchev–Trinajstić information content (AvgIpc) is 2.86. The van der Waals surface area contributed by atoms with Gasteiger partial charge in [0.25, 0.3) is 5.91 Å². The van der Waals surface area contributed by atoms with Gasteiger partial charge in [-0.2, -0.15) is 0 Å². The number of carbonyl (C=O) groups is 3. The van der Waals surface area contributed by atoms with E-state index >= 15 is 0 Å². The molecule has 0 aliphatic heterocycles. The first kappa shape index (κ1) is 27.3. The molecule has 37 heavy (non-hydrogen) atoms. The summed E-state index contributed by atoms with van der Waals surface area (Å²) in [4.78, 5) is 41.4. The number of hydrogen-bond donors (Lipinski definition) is 2. The number of pyridine rings is 1. The van der Waals surface area contributed by atoms with Crippen molar-refractivity contribution in [2.45, 2.75) is 38.8 Å². The highest BCUT2D eigenvalue weighted by atomic mass is 19.1. The van der Waals surface area contributed by atoms with E-state index in [1.807, 2.05) is 0 Å². The molecule has 10 heteroatoms. The minimum Gasteiger partial charge on any atom is -0.493 e. The number of amides is 2. The Bertz CT molecular complexity index is 1220. The van der Waals surface area contributed by atoms with E-state index in [0.717, 1.165) is 0 Å². The number of rotatable bonds is 9. The largest absolute Gasteiger partial charge is 0.493 e. The third kappa shape index (κ3) is 6.87. The third-order valence-corrected chi connectivity index (χ3v) is 5.62. The SMILES string of the molecule is COc1ccnc(C(=O)N[C@@H](C)C(=O)N[C@H](C)C(c2ccc(F)cc2)c2ccc(F)cc2)c1OC(C)=O. The number of hydrogen-bond acceptors (Lipinski definition) is 6. The van der Waals surface area contributed by atoms with Crippen LogP contribution in [-0.2, 0) is 9.59 Å². The first-order chi connectivity index (χ1) is 17.6. The minimum absolute atomic E-state index is 0.127. The van der Waals surface area contributed by atoms with Gasteiger partial charge in [0.15, 0.2) is 11.4 Å². The summed E-state index contributed by atoms with van der Waals surface area (Å²) in [7, 11) is 1.35. The highest BCUT2D eigenvalue weighted by molar-refractivity contribution is 5.99. The second-order valence-corrected chi connectivity index (χ2v) is 8.36. The van der Waals surface area contributed by atoms with Crippen molar-refractivity contribution in [3.63, 3.8) is 0 Å². The van der Waals surface area contributed by atoms with Crippen molar-refractivity contribution in [1.82, 2.24) is 15.6 Å². The lowest BCUT2D eigenvalue weighted by Gasteiger charge is -2.27. The Hall–Kier alpha value is -4.34. The van der Waals surface area contributed by atoms with Crippen molar-refractivity contribution in [3.05, 3.63) is 89.2 Å². The van der Waals surface area contributed by atoms with Crippen molar-refractivity contribution in [3.8, 4) is 11.5 Å². The van der Waals surface area contributed by atoms with E-state index in [0.29, 0.717) is 11.1 Å². The fourth-order valence-corrected chi connectivity index (χ4v) is 3.87. The van der Waals surface area contributed by atoms with Crippen LogP contribution in [0.25, 0.3) is 0 Å². The van der Waals surface area contributed by atoms with E-state index in [2.05, 4.69) is 15.6 Å². The molecule has 194 valence electrons. The number of halogens is 2. The highest BCUT2D eigenvalue weighted by Gasteiger charge is 2.27. The van der Waals surface area contributed by atoms with Crippen LogP contribution in [0.5, 0.6) is 11.5 Å². The number of benzene rings is 2. The maximum absolute atomic E-state index is 13.5. The summed E-state index contributed by atoms with van der Waals surface area (Å²) in [6.07, 6.45) is 1.31. The van der Waals surface area contributed by atoms with Gasteiger partial charge in [-0.15, -0.1) is 0 Å². The van der Waals surface area contributed by atoms with Crippen LogP contribution in [0, 0.1) is 11.6 Å². The highest BCUT2D eigenvalue weighted by Crippen LogP contribution is 2.30. The van der Waals surface area contributed by atoms with Gasteiger partial charge >= 0.3 is 5.97 Å². The van der Waals surface area contributed by atoms with Gasteiger partial charge in [-0.25, -0.2) is 13.8 Å². The van der Waals surface area contributed by atoms with Crippen molar-refractivity contribution < 1.29 is 32.6 Å². The van der Waals surface area contributed by atoms with E-state index in [1.165, 1.54) is 57.5 Å². The number of methoxy groups -OCH3 is 1. The Kier molecular flexibility index (Phi) is 8.89. The van der Waals surface area contributed by atoms with Gasteiger partial charge < -0.3 is 20.1 Å². The molecule has 0 unspecified atom stereocenters. The Balaban J connectivity index is 1.78. The lowest BCUT2D eigenvalue weighted by molar-refractivity contribution is -0.132. The van der Waals surface area contributed by atoms with Crippen LogP contribution < -0.4 is 20.1 Å². The van der Waals surface area contributed by atoms with E-state index < -0.39 is 47.4 Å². The Labute approximate surface area is 213 Å². The summed E-state index contributed by atoms with van der Waals surface area (Å²) in [5.74, 6) is -3.21.